The normalized spacial score (nSPS) is 11.8. The van der Waals surface area contributed by atoms with Gasteiger partial charge >= 0.3 is 0 Å². The van der Waals surface area contributed by atoms with Crippen molar-refractivity contribution in [1.29, 1.82) is 10.5 Å². The molecule has 0 amide bonds. The van der Waals surface area contributed by atoms with E-state index in [1.807, 2.05) is 36.4 Å². The first-order valence-corrected chi connectivity index (χ1v) is 20.6. The molecule has 0 fully saturated rings. The quantitative estimate of drug-likeness (QED) is 0.178. The van der Waals surface area contributed by atoms with Crippen molar-refractivity contribution in [2.75, 3.05) is 0 Å². The van der Waals surface area contributed by atoms with Crippen LogP contribution in [0.3, 0.4) is 0 Å². The van der Waals surface area contributed by atoms with Gasteiger partial charge in [-0.1, -0.05) is 103 Å². The van der Waals surface area contributed by atoms with Gasteiger partial charge < -0.3 is 18.1 Å². The van der Waals surface area contributed by atoms with Crippen molar-refractivity contribution in [3.63, 3.8) is 0 Å². The Bertz CT molecular complexity index is 4110. The average Bonchev–Trinajstić information content (AvgIpc) is 4.07. The van der Waals surface area contributed by atoms with E-state index < -0.39 is 0 Å². The van der Waals surface area contributed by atoms with Crippen LogP contribution < -0.4 is 0 Å². The summed E-state index contributed by atoms with van der Waals surface area (Å²) in [4.78, 5) is 0. The van der Waals surface area contributed by atoms with Crippen LogP contribution >= 0.6 is 0 Å². The molecule has 13 aromatic rings. The first-order valence-electron chi connectivity index (χ1n) is 20.6. The molecular weight excluding hydrogens is 759 g/mol. The third kappa shape index (κ3) is 4.66. The molecule has 6 heteroatoms. The lowest BCUT2D eigenvalue weighted by molar-refractivity contribution is 0.673. The summed E-state index contributed by atoms with van der Waals surface area (Å²) < 4.78 is 13.5. The van der Waals surface area contributed by atoms with Crippen LogP contribution in [0.25, 0.3) is 116 Å². The Morgan fingerprint density at radius 1 is 0.387 bits per heavy atom. The van der Waals surface area contributed by atoms with Gasteiger partial charge in [0.2, 0.25) is 0 Å². The molecular formula is C56H31N5O. The van der Waals surface area contributed by atoms with Crippen molar-refractivity contribution in [3.05, 3.63) is 199 Å². The first-order chi connectivity index (χ1) is 30.7. The number of furan rings is 1. The SMILES string of the molecule is N#Cc1cc(C#N)c(-c2ccc(-n3c4ccccc4c4cc5c6ccccc6n(-c6ccccc6)c5cc43)cc2)c(-n2c3ccccc3c3c4oc5ccccc5c4ccc32)c1. The van der Waals surface area contributed by atoms with Gasteiger partial charge in [-0.3, -0.25) is 0 Å². The Morgan fingerprint density at radius 2 is 0.968 bits per heavy atom. The molecule has 0 radical (unpaired) electrons. The van der Waals surface area contributed by atoms with Gasteiger partial charge in [-0.05, 0) is 90.5 Å². The molecule has 4 heterocycles. The molecule has 0 spiro atoms. The van der Waals surface area contributed by atoms with Gasteiger partial charge in [-0.25, -0.2) is 0 Å². The maximum Gasteiger partial charge on any atom is 0.145 e. The fraction of sp³-hybridized carbons (Fsp3) is 0. The lowest BCUT2D eigenvalue weighted by Gasteiger charge is -2.17. The average molecular weight is 790 g/mol. The molecule has 0 aliphatic heterocycles. The van der Waals surface area contributed by atoms with Gasteiger partial charge in [-0.2, -0.15) is 10.5 Å². The molecule has 13 rings (SSSR count). The molecule has 0 bridgehead atoms. The van der Waals surface area contributed by atoms with E-state index in [0.29, 0.717) is 11.1 Å². The van der Waals surface area contributed by atoms with Crippen LogP contribution in [0.5, 0.6) is 0 Å². The summed E-state index contributed by atoms with van der Waals surface area (Å²) in [6, 6.07) is 70.0. The van der Waals surface area contributed by atoms with Crippen molar-refractivity contribution >= 4 is 87.4 Å². The summed E-state index contributed by atoms with van der Waals surface area (Å²) >= 11 is 0. The van der Waals surface area contributed by atoms with Crippen LogP contribution in [-0.2, 0) is 0 Å². The van der Waals surface area contributed by atoms with E-state index in [1.165, 1.54) is 27.1 Å². The van der Waals surface area contributed by atoms with Gasteiger partial charge in [-0.15, -0.1) is 0 Å². The van der Waals surface area contributed by atoms with Gasteiger partial charge in [0, 0.05) is 54.6 Å². The molecule has 0 atom stereocenters. The van der Waals surface area contributed by atoms with Crippen LogP contribution in [0, 0.1) is 22.7 Å². The summed E-state index contributed by atoms with van der Waals surface area (Å²) in [7, 11) is 0. The largest absolute Gasteiger partial charge is 0.455 e. The van der Waals surface area contributed by atoms with Crippen molar-refractivity contribution in [1.82, 2.24) is 13.7 Å². The van der Waals surface area contributed by atoms with Gasteiger partial charge in [0.05, 0.1) is 67.4 Å². The number of rotatable bonds is 4. The summed E-state index contributed by atoms with van der Waals surface area (Å²) in [5.74, 6) is 0. The molecule has 0 aliphatic carbocycles. The topological polar surface area (TPSA) is 75.5 Å². The summed E-state index contributed by atoms with van der Waals surface area (Å²) in [6.45, 7) is 0. The second-order valence-corrected chi connectivity index (χ2v) is 15.9. The molecule has 0 aliphatic rings. The summed E-state index contributed by atoms with van der Waals surface area (Å²) in [6.07, 6.45) is 0. The van der Waals surface area contributed by atoms with Crippen molar-refractivity contribution in [3.8, 4) is 40.3 Å². The fourth-order valence-corrected chi connectivity index (χ4v) is 10.1. The molecule has 0 N–H and O–H groups in total. The highest BCUT2D eigenvalue weighted by Gasteiger charge is 2.24. The van der Waals surface area contributed by atoms with Crippen molar-refractivity contribution < 1.29 is 4.42 Å². The Labute approximate surface area is 354 Å². The zero-order chi connectivity index (χ0) is 41.1. The Hall–Kier alpha value is -8.84. The third-order valence-corrected chi connectivity index (χ3v) is 12.7. The Kier molecular flexibility index (Phi) is 7.05. The maximum atomic E-state index is 10.8. The van der Waals surface area contributed by atoms with Gasteiger partial charge in [0.1, 0.15) is 11.2 Å². The summed E-state index contributed by atoms with van der Waals surface area (Å²) in [5, 5.41) is 30.0. The number of para-hydroxylation sites is 5. The zero-order valence-corrected chi connectivity index (χ0v) is 33.0. The number of benzene rings is 9. The predicted octanol–water partition coefficient (Wildman–Crippen LogP) is 14.3. The van der Waals surface area contributed by atoms with Crippen LogP contribution in [0.4, 0.5) is 0 Å². The van der Waals surface area contributed by atoms with E-state index in [-0.39, 0.29) is 0 Å². The highest BCUT2D eigenvalue weighted by Crippen LogP contribution is 2.44. The minimum atomic E-state index is 0.414. The summed E-state index contributed by atoms with van der Waals surface area (Å²) in [5.41, 5.74) is 13.4. The number of hydrogen-bond donors (Lipinski definition) is 0. The van der Waals surface area contributed by atoms with Crippen LogP contribution in [-0.4, -0.2) is 13.7 Å². The Balaban J connectivity index is 1.05. The van der Waals surface area contributed by atoms with Crippen molar-refractivity contribution in [2.24, 2.45) is 0 Å². The van der Waals surface area contributed by atoms with E-state index in [4.69, 9.17) is 4.42 Å². The third-order valence-electron chi connectivity index (χ3n) is 12.7. The lowest BCUT2D eigenvalue weighted by atomic mass is 9.95. The second-order valence-electron chi connectivity index (χ2n) is 15.9. The molecule has 6 nitrogen and oxygen atoms in total. The molecule has 0 saturated heterocycles. The fourth-order valence-electron chi connectivity index (χ4n) is 10.1. The predicted molar refractivity (Wildman–Crippen MR) is 252 cm³/mol. The smallest absolute Gasteiger partial charge is 0.145 e. The lowest BCUT2D eigenvalue weighted by Crippen LogP contribution is -2.01. The second kappa shape index (κ2) is 12.8. The number of fused-ring (bicyclic) bond motifs is 13. The van der Waals surface area contributed by atoms with Crippen molar-refractivity contribution in [2.45, 2.75) is 0 Å². The van der Waals surface area contributed by atoms with E-state index >= 15 is 0 Å². The van der Waals surface area contributed by atoms with Crippen LogP contribution in [0.1, 0.15) is 11.1 Å². The zero-order valence-electron chi connectivity index (χ0n) is 33.0. The standard InChI is InChI=1S/C56H31N5O/c57-32-34-28-36(33-58)54(52(29-34)61-48-20-10-6-17-43(48)55-49(61)27-26-42-41-16-7-11-21-53(41)62-56(42)55)35-22-24-38(25-23-35)60-47-19-9-5-15-40(47)45-30-44-39-14-4-8-18-46(39)59(50(44)31-51(45)60)37-12-2-1-3-13-37/h1-31H. The van der Waals surface area contributed by atoms with E-state index in [2.05, 4.69) is 171 Å². The monoisotopic (exact) mass is 789 g/mol. The number of aromatic nitrogens is 3. The molecule has 286 valence electrons. The van der Waals surface area contributed by atoms with Gasteiger partial charge in [0.25, 0.3) is 0 Å². The minimum Gasteiger partial charge on any atom is -0.455 e. The Morgan fingerprint density at radius 3 is 1.63 bits per heavy atom. The molecule has 4 aromatic heterocycles. The molecule has 0 saturated carbocycles. The minimum absolute atomic E-state index is 0.414. The number of nitriles is 2. The highest BCUT2D eigenvalue weighted by atomic mass is 16.3. The van der Waals surface area contributed by atoms with Crippen LogP contribution in [0.2, 0.25) is 0 Å². The van der Waals surface area contributed by atoms with E-state index in [1.54, 1.807) is 6.07 Å². The van der Waals surface area contributed by atoms with Crippen LogP contribution in [0.15, 0.2) is 192 Å². The van der Waals surface area contributed by atoms with E-state index in [9.17, 15) is 10.5 Å². The highest BCUT2D eigenvalue weighted by molar-refractivity contribution is 6.24. The molecule has 9 aromatic carbocycles. The molecule has 0 unspecified atom stereocenters. The number of hydrogen-bond acceptors (Lipinski definition) is 3. The number of nitrogens with zero attached hydrogens (tertiary/aromatic N) is 5. The molecule has 62 heavy (non-hydrogen) atoms. The maximum absolute atomic E-state index is 10.8. The first kappa shape index (κ1) is 34.1. The van der Waals surface area contributed by atoms with E-state index in [0.717, 1.165) is 88.5 Å². The van der Waals surface area contributed by atoms with Gasteiger partial charge in [0.15, 0.2) is 0 Å².